The lowest BCUT2D eigenvalue weighted by Crippen LogP contribution is -2.50. The van der Waals surface area contributed by atoms with Crippen LogP contribution in [0.3, 0.4) is 0 Å². The first kappa shape index (κ1) is 28.3. The molecule has 0 spiro atoms. The number of rotatable bonds is 13. The Morgan fingerprint density at radius 3 is 1.78 bits per heavy atom. The van der Waals surface area contributed by atoms with Gasteiger partial charge in [-0.2, -0.15) is 0 Å². The highest BCUT2D eigenvalue weighted by molar-refractivity contribution is 5.93. The Bertz CT molecular complexity index is 1050. The molecule has 0 saturated heterocycles. The molecule has 11 heteroatoms. The predicted molar refractivity (Wildman–Crippen MR) is 134 cm³/mol. The summed E-state index contributed by atoms with van der Waals surface area (Å²) < 4.78 is 0. The smallest absolute Gasteiger partial charge is 0.255 e. The van der Waals surface area contributed by atoms with Crippen LogP contribution in [0.4, 0.5) is 0 Å². The van der Waals surface area contributed by atoms with E-state index in [1.807, 2.05) is 36.4 Å². The van der Waals surface area contributed by atoms with Crippen molar-refractivity contribution in [2.45, 2.75) is 44.1 Å². The number of carbonyl (C=O) groups excluding carboxylic acids is 1. The third-order valence-electron chi connectivity index (χ3n) is 5.81. The molecule has 3 heterocycles. The lowest BCUT2D eigenvalue weighted by Gasteiger charge is -2.28. The predicted octanol–water partition coefficient (Wildman–Crippen LogP) is -0.418. The molecule has 0 bridgehead atoms. The van der Waals surface area contributed by atoms with Gasteiger partial charge in [-0.3, -0.25) is 24.6 Å². The van der Waals surface area contributed by atoms with Gasteiger partial charge in [0.05, 0.1) is 29.3 Å². The Kier molecular flexibility index (Phi) is 10.6. The number of hydrogen-bond donors (Lipinski definition) is 5. The van der Waals surface area contributed by atoms with Gasteiger partial charge in [-0.1, -0.05) is 12.1 Å². The monoisotopic (exact) mass is 511 g/mol. The third-order valence-corrected chi connectivity index (χ3v) is 5.81. The van der Waals surface area contributed by atoms with Crippen LogP contribution in [-0.2, 0) is 19.6 Å². The summed E-state index contributed by atoms with van der Waals surface area (Å²) in [6.45, 7) is 0.574. The van der Waals surface area contributed by atoms with E-state index in [-0.39, 0.29) is 12.1 Å². The maximum absolute atomic E-state index is 12.8. The number of aromatic nitrogens is 3. The van der Waals surface area contributed by atoms with Crippen LogP contribution in [0.25, 0.3) is 0 Å². The van der Waals surface area contributed by atoms with Crippen molar-refractivity contribution in [1.82, 2.24) is 24.8 Å². The fourth-order valence-electron chi connectivity index (χ4n) is 3.74. The van der Waals surface area contributed by atoms with Gasteiger partial charge in [-0.25, -0.2) is 0 Å². The number of hydrogen-bond acceptors (Lipinski definition) is 10. The number of aliphatic hydroxyl groups is 5. The summed E-state index contributed by atoms with van der Waals surface area (Å²) in [7, 11) is 1.43. The average Bonchev–Trinajstić information content (AvgIpc) is 2.92. The Balaban J connectivity index is 1.63. The maximum atomic E-state index is 12.8. The van der Waals surface area contributed by atoms with Crippen molar-refractivity contribution in [3.05, 3.63) is 89.8 Å². The highest BCUT2D eigenvalue weighted by Gasteiger charge is 2.31. The highest BCUT2D eigenvalue weighted by Crippen LogP contribution is 2.13. The zero-order valence-electron chi connectivity index (χ0n) is 20.6. The second kappa shape index (κ2) is 13.8. The number of pyridine rings is 3. The molecule has 4 atom stereocenters. The van der Waals surface area contributed by atoms with E-state index in [2.05, 4.69) is 19.9 Å². The Morgan fingerprint density at radius 2 is 1.32 bits per heavy atom. The summed E-state index contributed by atoms with van der Waals surface area (Å²) in [5.74, 6) is -0.443. The molecule has 11 nitrogen and oxygen atoms in total. The molecule has 3 rings (SSSR count). The van der Waals surface area contributed by atoms with Crippen LogP contribution in [0.5, 0.6) is 0 Å². The molecule has 0 radical (unpaired) electrons. The van der Waals surface area contributed by atoms with Gasteiger partial charge < -0.3 is 30.4 Å². The summed E-state index contributed by atoms with van der Waals surface area (Å²) in [6.07, 6.45) is -1.72. The molecule has 37 heavy (non-hydrogen) atoms. The standard InChI is InChI=1S/C26H33N5O6/c1-30(16-22(33)24(35)25(36)23(34)17-32)26(37)18-8-9-21(29-12-18)15-31(13-19-6-2-4-10-27-19)14-20-7-3-5-11-28-20/h2-12,22-25,32-36H,13-17H2,1H3/t22-,23+,24+,25+/m0/s1. The van der Waals surface area contributed by atoms with E-state index >= 15 is 0 Å². The molecule has 0 fully saturated rings. The minimum atomic E-state index is -1.76. The Hall–Kier alpha value is -3.32. The number of likely N-dealkylation sites (N-methyl/N-ethyl adjacent to an activating group) is 1. The van der Waals surface area contributed by atoms with Crippen molar-refractivity contribution in [3.63, 3.8) is 0 Å². The fraction of sp³-hybridized carbons (Fsp3) is 0.385. The summed E-state index contributed by atoms with van der Waals surface area (Å²) in [5.41, 5.74) is 2.83. The van der Waals surface area contributed by atoms with Gasteiger partial charge in [0.25, 0.3) is 5.91 Å². The molecule has 0 unspecified atom stereocenters. The third kappa shape index (κ3) is 8.35. The van der Waals surface area contributed by atoms with Gasteiger partial charge in [0.15, 0.2) is 0 Å². The fourth-order valence-corrected chi connectivity index (χ4v) is 3.74. The van der Waals surface area contributed by atoms with Gasteiger partial charge in [-0.15, -0.1) is 0 Å². The SMILES string of the molecule is CN(C[C@H](O)[C@@H](O)[C@H](O)[C@H](O)CO)C(=O)c1ccc(CN(Cc2ccccn2)Cc2ccccn2)nc1. The van der Waals surface area contributed by atoms with E-state index in [4.69, 9.17) is 5.11 Å². The Morgan fingerprint density at radius 1 is 0.784 bits per heavy atom. The maximum Gasteiger partial charge on any atom is 0.255 e. The molecule has 0 aliphatic heterocycles. The second-order valence-electron chi connectivity index (χ2n) is 8.81. The largest absolute Gasteiger partial charge is 0.394 e. The van der Waals surface area contributed by atoms with Crippen molar-refractivity contribution < 1.29 is 30.3 Å². The Labute approximate surface area is 215 Å². The van der Waals surface area contributed by atoms with Crippen LogP contribution in [-0.4, -0.2) is 101 Å². The summed E-state index contributed by atoms with van der Waals surface area (Å²) in [5, 5.41) is 48.3. The topological polar surface area (TPSA) is 163 Å². The molecule has 0 aromatic carbocycles. The van der Waals surface area contributed by atoms with Gasteiger partial charge in [-0.05, 0) is 36.4 Å². The minimum Gasteiger partial charge on any atom is -0.394 e. The quantitative estimate of drug-likeness (QED) is 0.204. The van der Waals surface area contributed by atoms with Crippen LogP contribution in [0.1, 0.15) is 27.4 Å². The molecule has 198 valence electrons. The molecular formula is C26H33N5O6. The van der Waals surface area contributed by atoms with E-state index in [1.165, 1.54) is 18.1 Å². The van der Waals surface area contributed by atoms with Gasteiger partial charge in [0.1, 0.15) is 24.4 Å². The second-order valence-corrected chi connectivity index (χ2v) is 8.81. The zero-order valence-corrected chi connectivity index (χ0v) is 20.6. The highest BCUT2D eigenvalue weighted by atomic mass is 16.4. The number of carbonyl (C=O) groups is 1. The average molecular weight is 512 g/mol. The number of aliphatic hydroxyl groups excluding tert-OH is 5. The van der Waals surface area contributed by atoms with E-state index in [1.54, 1.807) is 24.5 Å². The number of amides is 1. The van der Waals surface area contributed by atoms with Crippen molar-refractivity contribution in [2.24, 2.45) is 0 Å². The lowest BCUT2D eigenvalue weighted by molar-refractivity contribution is -0.117. The minimum absolute atomic E-state index is 0.282. The molecular weight excluding hydrogens is 478 g/mol. The van der Waals surface area contributed by atoms with E-state index in [9.17, 15) is 25.2 Å². The molecule has 1 amide bonds. The van der Waals surface area contributed by atoms with Crippen LogP contribution >= 0.6 is 0 Å². The van der Waals surface area contributed by atoms with Crippen LogP contribution < -0.4 is 0 Å². The molecule has 0 aliphatic rings. The van der Waals surface area contributed by atoms with Crippen molar-refractivity contribution >= 4 is 5.91 Å². The number of nitrogens with zero attached hydrogens (tertiary/aromatic N) is 5. The normalized spacial score (nSPS) is 14.7. The summed E-state index contributed by atoms with van der Waals surface area (Å²) in [4.78, 5) is 29.4. The van der Waals surface area contributed by atoms with Crippen LogP contribution in [0.15, 0.2) is 67.1 Å². The van der Waals surface area contributed by atoms with E-state index in [0.717, 1.165) is 17.1 Å². The van der Waals surface area contributed by atoms with E-state index < -0.39 is 36.9 Å². The first-order valence-electron chi connectivity index (χ1n) is 11.8. The summed E-state index contributed by atoms with van der Waals surface area (Å²) >= 11 is 0. The molecule has 3 aromatic rings. The zero-order chi connectivity index (χ0) is 26.8. The van der Waals surface area contributed by atoms with Crippen molar-refractivity contribution in [3.8, 4) is 0 Å². The molecule has 3 aromatic heterocycles. The van der Waals surface area contributed by atoms with Gasteiger partial charge in [0.2, 0.25) is 0 Å². The lowest BCUT2D eigenvalue weighted by atomic mass is 10.0. The van der Waals surface area contributed by atoms with Gasteiger partial charge >= 0.3 is 0 Å². The van der Waals surface area contributed by atoms with E-state index in [0.29, 0.717) is 19.6 Å². The van der Waals surface area contributed by atoms with Gasteiger partial charge in [0, 0.05) is 51.8 Å². The first-order valence-corrected chi connectivity index (χ1v) is 11.8. The van der Waals surface area contributed by atoms with Crippen molar-refractivity contribution in [1.29, 1.82) is 0 Å². The molecule has 0 aliphatic carbocycles. The van der Waals surface area contributed by atoms with Crippen molar-refractivity contribution in [2.75, 3.05) is 20.2 Å². The first-order chi connectivity index (χ1) is 17.8. The van der Waals surface area contributed by atoms with Crippen LogP contribution in [0, 0.1) is 0 Å². The summed E-state index contributed by atoms with van der Waals surface area (Å²) in [6, 6.07) is 14.9. The molecule has 0 saturated carbocycles. The molecule has 5 N–H and O–H groups in total. The van der Waals surface area contributed by atoms with Crippen LogP contribution in [0.2, 0.25) is 0 Å².